The van der Waals surface area contributed by atoms with Gasteiger partial charge in [0.2, 0.25) is 5.91 Å². The Morgan fingerprint density at radius 2 is 2.00 bits per heavy atom. The Morgan fingerprint density at radius 1 is 1.26 bits per heavy atom. The van der Waals surface area contributed by atoms with Gasteiger partial charge in [0.05, 0.1) is 29.1 Å². The third-order valence-corrected chi connectivity index (χ3v) is 5.45. The van der Waals surface area contributed by atoms with Crippen molar-refractivity contribution in [2.45, 2.75) is 38.0 Å². The molecule has 1 aliphatic rings. The molecule has 1 N–H and O–H groups in total. The predicted octanol–water partition coefficient (Wildman–Crippen LogP) is 5.11. The summed E-state index contributed by atoms with van der Waals surface area (Å²) in [6.07, 6.45) is -0.401. The smallest absolute Gasteiger partial charge is 0.322 e. The standard InChI is InChI=1S/C19H15Cl2F4N5O/c20-14-5-12(22)4-3-11(14)7-29-8-13(6-26-29)27-15(31)9-30-17(10-1-2-10)16(21)18(28-30)19(23,24)25/h3-6,8,10H,1-2,7,9H2,(H,27,31). The topological polar surface area (TPSA) is 64.7 Å². The van der Waals surface area contributed by atoms with E-state index in [1.165, 1.54) is 35.3 Å². The number of anilines is 1. The molecule has 0 spiro atoms. The second kappa shape index (κ2) is 8.16. The fourth-order valence-electron chi connectivity index (χ4n) is 3.18. The highest BCUT2D eigenvalue weighted by atomic mass is 35.5. The Labute approximate surface area is 183 Å². The van der Waals surface area contributed by atoms with E-state index in [1.54, 1.807) is 0 Å². The third-order valence-electron chi connectivity index (χ3n) is 4.72. The van der Waals surface area contributed by atoms with Crippen LogP contribution in [-0.2, 0) is 24.1 Å². The zero-order valence-electron chi connectivity index (χ0n) is 15.8. The van der Waals surface area contributed by atoms with E-state index in [-0.39, 0.29) is 23.2 Å². The van der Waals surface area contributed by atoms with Crippen molar-refractivity contribution in [1.29, 1.82) is 0 Å². The van der Waals surface area contributed by atoms with E-state index in [2.05, 4.69) is 15.5 Å². The SMILES string of the molecule is O=C(Cn1nc(C(F)(F)F)c(Cl)c1C1CC1)Nc1cnn(Cc2ccc(F)cc2Cl)c1. The molecule has 3 aromatic rings. The van der Waals surface area contributed by atoms with E-state index in [0.717, 1.165) is 4.68 Å². The van der Waals surface area contributed by atoms with Crippen LogP contribution < -0.4 is 5.32 Å². The Morgan fingerprint density at radius 3 is 2.65 bits per heavy atom. The molecule has 164 valence electrons. The van der Waals surface area contributed by atoms with Crippen molar-refractivity contribution < 1.29 is 22.4 Å². The molecule has 2 heterocycles. The van der Waals surface area contributed by atoms with Crippen LogP contribution in [0.3, 0.4) is 0 Å². The van der Waals surface area contributed by atoms with E-state index in [9.17, 15) is 22.4 Å². The van der Waals surface area contributed by atoms with Crippen molar-refractivity contribution in [1.82, 2.24) is 19.6 Å². The number of aromatic nitrogens is 4. The molecule has 0 bridgehead atoms. The average molecular weight is 476 g/mol. The molecule has 1 saturated carbocycles. The van der Waals surface area contributed by atoms with Crippen LogP contribution in [0, 0.1) is 5.82 Å². The van der Waals surface area contributed by atoms with E-state index >= 15 is 0 Å². The van der Waals surface area contributed by atoms with Gasteiger partial charge in [0.1, 0.15) is 12.4 Å². The average Bonchev–Trinajstić information content (AvgIpc) is 3.31. The molecule has 0 saturated heterocycles. The molecule has 1 fully saturated rings. The number of carbonyl (C=O) groups is 1. The lowest BCUT2D eigenvalue weighted by Gasteiger charge is -2.07. The minimum atomic E-state index is -4.70. The van der Waals surface area contributed by atoms with Crippen LogP contribution in [0.25, 0.3) is 0 Å². The summed E-state index contributed by atoms with van der Waals surface area (Å²) < 4.78 is 55.1. The Kier molecular flexibility index (Phi) is 5.69. The van der Waals surface area contributed by atoms with Crippen molar-refractivity contribution in [2.24, 2.45) is 0 Å². The third kappa shape index (κ3) is 4.85. The minimum Gasteiger partial charge on any atom is -0.322 e. The van der Waals surface area contributed by atoms with Gasteiger partial charge in [0.25, 0.3) is 0 Å². The Bertz CT molecular complexity index is 1140. The lowest BCUT2D eigenvalue weighted by Crippen LogP contribution is -2.21. The van der Waals surface area contributed by atoms with Gasteiger partial charge in [-0.3, -0.25) is 14.2 Å². The van der Waals surface area contributed by atoms with Crippen LogP contribution in [0.4, 0.5) is 23.2 Å². The first kappa shape index (κ1) is 21.6. The Hall–Kier alpha value is -2.59. The highest BCUT2D eigenvalue weighted by molar-refractivity contribution is 6.32. The molecule has 1 aromatic carbocycles. The number of nitrogens with zero attached hydrogens (tertiary/aromatic N) is 4. The van der Waals surface area contributed by atoms with Gasteiger partial charge < -0.3 is 5.32 Å². The molecule has 1 amide bonds. The van der Waals surface area contributed by atoms with Crippen molar-refractivity contribution in [3.63, 3.8) is 0 Å². The first-order valence-corrected chi connectivity index (χ1v) is 9.97. The van der Waals surface area contributed by atoms with Gasteiger partial charge in [-0.2, -0.15) is 23.4 Å². The molecule has 0 aliphatic heterocycles. The number of benzene rings is 1. The van der Waals surface area contributed by atoms with Gasteiger partial charge >= 0.3 is 6.18 Å². The number of amides is 1. The fourth-order valence-corrected chi connectivity index (χ4v) is 3.80. The molecular weight excluding hydrogens is 461 g/mol. The molecule has 12 heteroatoms. The second-order valence-corrected chi connectivity index (χ2v) is 7.97. The van der Waals surface area contributed by atoms with E-state index < -0.39 is 35.2 Å². The number of carbonyl (C=O) groups excluding carboxylic acids is 1. The molecule has 0 unspecified atom stereocenters. The quantitative estimate of drug-likeness (QED) is 0.503. The van der Waals surface area contributed by atoms with Gasteiger partial charge in [0, 0.05) is 17.1 Å². The summed E-state index contributed by atoms with van der Waals surface area (Å²) in [4.78, 5) is 12.4. The number of hydrogen-bond acceptors (Lipinski definition) is 3. The molecule has 31 heavy (non-hydrogen) atoms. The summed E-state index contributed by atoms with van der Waals surface area (Å²) in [7, 11) is 0. The summed E-state index contributed by atoms with van der Waals surface area (Å²) in [5.74, 6) is -1.17. The van der Waals surface area contributed by atoms with Gasteiger partial charge in [-0.1, -0.05) is 29.3 Å². The van der Waals surface area contributed by atoms with E-state index in [4.69, 9.17) is 23.2 Å². The minimum absolute atomic E-state index is 0.132. The summed E-state index contributed by atoms with van der Waals surface area (Å²) >= 11 is 11.9. The van der Waals surface area contributed by atoms with E-state index in [0.29, 0.717) is 24.1 Å². The Balaban J connectivity index is 1.45. The first-order chi connectivity index (χ1) is 14.6. The number of rotatable bonds is 6. The van der Waals surface area contributed by atoms with Gasteiger partial charge in [-0.05, 0) is 30.5 Å². The molecule has 0 atom stereocenters. The highest BCUT2D eigenvalue weighted by Crippen LogP contribution is 2.46. The van der Waals surface area contributed by atoms with Crippen molar-refractivity contribution in [3.05, 3.63) is 63.4 Å². The van der Waals surface area contributed by atoms with Crippen molar-refractivity contribution in [2.75, 3.05) is 5.32 Å². The maximum atomic E-state index is 13.2. The van der Waals surface area contributed by atoms with E-state index in [1.807, 2.05) is 0 Å². The van der Waals surface area contributed by atoms with Crippen LogP contribution in [0.15, 0.2) is 30.6 Å². The summed E-state index contributed by atoms with van der Waals surface area (Å²) in [6, 6.07) is 3.98. The zero-order chi connectivity index (χ0) is 22.3. The predicted molar refractivity (Wildman–Crippen MR) is 106 cm³/mol. The van der Waals surface area contributed by atoms with Crippen LogP contribution in [0.2, 0.25) is 10.0 Å². The highest BCUT2D eigenvalue weighted by Gasteiger charge is 2.42. The molecule has 1 aliphatic carbocycles. The van der Waals surface area contributed by atoms with Crippen LogP contribution in [0.1, 0.15) is 35.7 Å². The van der Waals surface area contributed by atoms with Gasteiger partial charge in [-0.15, -0.1) is 0 Å². The molecule has 6 nitrogen and oxygen atoms in total. The van der Waals surface area contributed by atoms with Gasteiger partial charge in [0.15, 0.2) is 5.69 Å². The molecule has 0 radical (unpaired) electrons. The number of halogens is 6. The summed E-state index contributed by atoms with van der Waals surface area (Å²) in [5, 5.41) is 10.00. The monoisotopic (exact) mass is 475 g/mol. The fraction of sp³-hybridized carbons (Fsp3) is 0.316. The first-order valence-electron chi connectivity index (χ1n) is 9.21. The van der Waals surface area contributed by atoms with Gasteiger partial charge in [-0.25, -0.2) is 4.39 Å². The zero-order valence-corrected chi connectivity index (χ0v) is 17.3. The normalized spacial score (nSPS) is 14.1. The van der Waals surface area contributed by atoms with Crippen LogP contribution >= 0.6 is 23.2 Å². The number of hydrogen-bond donors (Lipinski definition) is 1. The lowest BCUT2D eigenvalue weighted by molar-refractivity contribution is -0.141. The number of nitrogens with one attached hydrogen (secondary N) is 1. The summed E-state index contributed by atoms with van der Waals surface area (Å²) in [6.45, 7) is -0.179. The van der Waals surface area contributed by atoms with Crippen molar-refractivity contribution in [3.8, 4) is 0 Å². The largest absolute Gasteiger partial charge is 0.436 e. The summed E-state index contributed by atoms with van der Waals surface area (Å²) in [5.41, 5.74) is 0.00753. The number of alkyl halides is 3. The van der Waals surface area contributed by atoms with Crippen LogP contribution in [0.5, 0.6) is 0 Å². The van der Waals surface area contributed by atoms with Crippen LogP contribution in [-0.4, -0.2) is 25.5 Å². The van der Waals surface area contributed by atoms with Crippen molar-refractivity contribution >= 4 is 34.8 Å². The lowest BCUT2D eigenvalue weighted by atomic mass is 10.2. The molecule has 4 rings (SSSR count). The maximum absolute atomic E-state index is 13.2. The molecule has 2 aromatic heterocycles. The maximum Gasteiger partial charge on any atom is 0.436 e. The molecular formula is C19H15Cl2F4N5O. The second-order valence-electron chi connectivity index (χ2n) is 7.19.